The lowest BCUT2D eigenvalue weighted by atomic mass is 9.89. The normalized spacial score (nSPS) is 11.2. The minimum Gasteiger partial charge on any atom is -0.496 e. The van der Waals surface area contributed by atoms with Crippen molar-refractivity contribution in [3.05, 3.63) is 144 Å². The van der Waals surface area contributed by atoms with Gasteiger partial charge in [-0.2, -0.15) is 0 Å². The Morgan fingerprint density at radius 1 is 0.429 bits per heavy atom. The van der Waals surface area contributed by atoms with Gasteiger partial charge < -0.3 is 18.9 Å². The Labute approximate surface area is 247 Å². The van der Waals surface area contributed by atoms with Crippen molar-refractivity contribution in [1.29, 1.82) is 0 Å². The second-order valence-electron chi connectivity index (χ2n) is 10.3. The van der Waals surface area contributed by atoms with Crippen LogP contribution in [0.15, 0.2) is 121 Å². The van der Waals surface area contributed by atoms with E-state index in [4.69, 9.17) is 18.9 Å². The van der Waals surface area contributed by atoms with Crippen LogP contribution in [-0.2, 0) is 35.9 Å². The Morgan fingerprint density at radius 2 is 0.810 bits per heavy atom. The molecule has 0 spiro atoms. The van der Waals surface area contributed by atoms with Crippen molar-refractivity contribution in [2.24, 2.45) is 0 Å². The molecule has 6 rings (SSSR count). The van der Waals surface area contributed by atoms with Crippen LogP contribution in [0, 0.1) is 0 Å². The number of hydrogen-bond acceptors (Lipinski definition) is 4. The maximum atomic E-state index is 6.22. The Balaban J connectivity index is 1.48. The van der Waals surface area contributed by atoms with Crippen LogP contribution in [0.2, 0.25) is 0 Å². The van der Waals surface area contributed by atoms with Gasteiger partial charge in [-0.25, -0.2) is 0 Å². The lowest BCUT2D eigenvalue weighted by molar-refractivity contribution is 0.105. The summed E-state index contributed by atoms with van der Waals surface area (Å²) in [5.41, 5.74) is 6.22. The van der Waals surface area contributed by atoms with Crippen LogP contribution in [0.1, 0.15) is 22.3 Å². The summed E-state index contributed by atoms with van der Waals surface area (Å²) in [5.74, 6) is 1.57. The number of fused-ring (bicyclic) bond motifs is 2. The Hall–Kier alpha value is -4.64. The van der Waals surface area contributed by atoms with E-state index in [2.05, 4.69) is 84.9 Å². The molecule has 0 aliphatic rings. The second-order valence-corrected chi connectivity index (χ2v) is 10.3. The molecule has 0 aromatic heterocycles. The zero-order valence-electron chi connectivity index (χ0n) is 24.0. The smallest absolute Gasteiger partial charge is 0.133 e. The highest BCUT2D eigenvalue weighted by Crippen LogP contribution is 2.48. The quantitative estimate of drug-likeness (QED) is 0.160. The van der Waals surface area contributed by atoms with Gasteiger partial charge in [0, 0.05) is 22.3 Å². The van der Waals surface area contributed by atoms with Crippen LogP contribution in [-0.4, -0.2) is 14.2 Å². The maximum absolute atomic E-state index is 6.22. The molecule has 0 aliphatic carbocycles. The average Bonchev–Trinajstić information content (AvgIpc) is 3.04. The van der Waals surface area contributed by atoms with Crippen LogP contribution in [0.4, 0.5) is 0 Å². The molecule has 210 valence electrons. The third-order valence-corrected chi connectivity index (χ3v) is 7.55. The molecule has 0 N–H and O–H groups in total. The van der Waals surface area contributed by atoms with Crippen molar-refractivity contribution >= 4 is 21.5 Å². The summed E-state index contributed by atoms with van der Waals surface area (Å²) in [6.07, 6.45) is 0. The molecule has 0 fully saturated rings. The van der Waals surface area contributed by atoms with Crippen LogP contribution in [0.3, 0.4) is 0 Å². The number of benzene rings is 6. The molecule has 0 heterocycles. The Bertz CT molecular complexity index is 1660. The summed E-state index contributed by atoms with van der Waals surface area (Å²) in [5, 5.41) is 4.41. The van der Waals surface area contributed by atoms with E-state index < -0.39 is 0 Å². The molecule has 6 aromatic rings. The molecule has 0 aliphatic heterocycles. The van der Waals surface area contributed by atoms with Crippen molar-refractivity contribution in [2.75, 3.05) is 14.2 Å². The van der Waals surface area contributed by atoms with Gasteiger partial charge in [-0.05, 0) is 44.8 Å². The number of methoxy groups -OCH3 is 2. The number of ether oxygens (including phenoxy) is 4. The molecule has 4 nitrogen and oxygen atoms in total. The van der Waals surface area contributed by atoms with Crippen molar-refractivity contribution in [2.45, 2.75) is 26.4 Å². The fraction of sp³-hybridized carbons (Fsp3) is 0.158. The Kier molecular flexibility index (Phi) is 8.46. The van der Waals surface area contributed by atoms with Crippen LogP contribution >= 0.6 is 0 Å². The van der Waals surface area contributed by atoms with Crippen molar-refractivity contribution < 1.29 is 18.9 Å². The molecular weight excluding hydrogens is 520 g/mol. The molecule has 0 radical (unpaired) electrons. The van der Waals surface area contributed by atoms with E-state index in [0.29, 0.717) is 26.4 Å². The lowest BCUT2D eigenvalue weighted by Crippen LogP contribution is -2.03. The molecule has 0 amide bonds. The minimum atomic E-state index is 0.413. The Morgan fingerprint density at radius 3 is 1.21 bits per heavy atom. The second kappa shape index (κ2) is 12.9. The summed E-state index contributed by atoms with van der Waals surface area (Å²) in [6.45, 7) is 1.87. The summed E-state index contributed by atoms with van der Waals surface area (Å²) >= 11 is 0. The standard InChI is InChI=1S/C38H34O4/c1-39-37-31(25-41-23-27-13-5-3-6-14-27)21-29-17-9-11-19-33(29)35(37)36-34-20-12-10-18-30(34)22-32(38(36)40-2)26-42-24-28-15-7-4-8-16-28/h3-22H,23-26H2,1-2H3. The maximum Gasteiger partial charge on any atom is 0.133 e. The van der Waals surface area contributed by atoms with E-state index in [9.17, 15) is 0 Å². The third-order valence-electron chi connectivity index (χ3n) is 7.55. The van der Waals surface area contributed by atoms with Gasteiger partial charge in [-0.3, -0.25) is 0 Å². The SMILES string of the molecule is COc1c(COCc2ccccc2)cc2ccccc2c1-c1c(OC)c(COCc2ccccc2)cc2ccccc12. The largest absolute Gasteiger partial charge is 0.496 e. The highest BCUT2D eigenvalue weighted by Gasteiger charge is 2.23. The van der Waals surface area contributed by atoms with E-state index in [0.717, 1.165) is 66.4 Å². The zero-order valence-corrected chi connectivity index (χ0v) is 24.0. The highest BCUT2D eigenvalue weighted by atomic mass is 16.5. The molecule has 0 unspecified atom stereocenters. The summed E-state index contributed by atoms with van der Waals surface area (Å²) in [4.78, 5) is 0. The first-order valence-corrected chi connectivity index (χ1v) is 14.2. The first-order valence-electron chi connectivity index (χ1n) is 14.2. The average molecular weight is 555 g/mol. The third kappa shape index (κ3) is 5.73. The first kappa shape index (κ1) is 27.5. The molecule has 0 bridgehead atoms. The fourth-order valence-electron chi connectivity index (χ4n) is 5.66. The summed E-state index contributed by atoms with van der Waals surface area (Å²) < 4.78 is 24.8. The van der Waals surface area contributed by atoms with E-state index in [1.54, 1.807) is 14.2 Å². The van der Waals surface area contributed by atoms with Gasteiger partial charge in [0.2, 0.25) is 0 Å². The minimum absolute atomic E-state index is 0.413. The zero-order chi connectivity index (χ0) is 28.7. The number of hydrogen-bond donors (Lipinski definition) is 0. The van der Waals surface area contributed by atoms with Gasteiger partial charge in [0.1, 0.15) is 11.5 Å². The topological polar surface area (TPSA) is 36.9 Å². The molecule has 0 saturated heterocycles. The molecule has 42 heavy (non-hydrogen) atoms. The molecule has 0 atom stereocenters. The van der Waals surface area contributed by atoms with Gasteiger partial charge in [0.25, 0.3) is 0 Å². The molecule has 0 saturated carbocycles. The number of rotatable bonds is 11. The van der Waals surface area contributed by atoms with Crippen molar-refractivity contribution in [3.63, 3.8) is 0 Å². The van der Waals surface area contributed by atoms with Gasteiger partial charge in [0.15, 0.2) is 0 Å². The monoisotopic (exact) mass is 554 g/mol. The van der Waals surface area contributed by atoms with Gasteiger partial charge in [-0.15, -0.1) is 0 Å². The lowest BCUT2D eigenvalue weighted by Gasteiger charge is -2.22. The first-order chi connectivity index (χ1) is 20.8. The summed E-state index contributed by atoms with van der Waals surface area (Å²) in [6, 6.07) is 41.6. The highest BCUT2D eigenvalue weighted by molar-refractivity contribution is 6.10. The fourth-order valence-corrected chi connectivity index (χ4v) is 5.66. The molecule has 6 aromatic carbocycles. The van der Waals surface area contributed by atoms with Crippen LogP contribution < -0.4 is 9.47 Å². The predicted molar refractivity (Wildman–Crippen MR) is 170 cm³/mol. The van der Waals surface area contributed by atoms with E-state index >= 15 is 0 Å². The van der Waals surface area contributed by atoms with E-state index in [1.807, 2.05) is 36.4 Å². The molecule has 4 heteroatoms. The van der Waals surface area contributed by atoms with Crippen molar-refractivity contribution in [3.8, 4) is 22.6 Å². The van der Waals surface area contributed by atoms with Crippen LogP contribution in [0.5, 0.6) is 11.5 Å². The molecular formula is C38H34O4. The van der Waals surface area contributed by atoms with Crippen molar-refractivity contribution in [1.82, 2.24) is 0 Å². The van der Waals surface area contributed by atoms with E-state index in [-0.39, 0.29) is 0 Å². The van der Waals surface area contributed by atoms with Gasteiger partial charge >= 0.3 is 0 Å². The van der Waals surface area contributed by atoms with Gasteiger partial charge in [-0.1, -0.05) is 109 Å². The van der Waals surface area contributed by atoms with Crippen LogP contribution in [0.25, 0.3) is 32.7 Å². The van der Waals surface area contributed by atoms with Gasteiger partial charge in [0.05, 0.1) is 40.6 Å². The summed E-state index contributed by atoms with van der Waals surface area (Å²) in [7, 11) is 3.46. The predicted octanol–water partition coefficient (Wildman–Crippen LogP) is 9.11. The van der Waals surface area contributed by atoms with E-state index in [1.165, 1.54) is 0 Å².